The number of aliphatic hydroxyl groups is 1. The Kier molecular flexibility index (Phi) is 3.08. The molecule has 0 saturated carbocycles. The number of halogens is 4. The molecule has 3 nitrogen and oxygen atoms in total. The van der Waals surface area contributed by atoms with Crippen molar-refractivity contribution in [2.75, 3.05) is 0 Å². The Labute approximate surface area is 98.7 Å². The van der Waals surface area contributed by atoms with Gasteiger partial charge >= 0.3 is 6.18 Å². The summed E-state index contributed by atoms with van der Waals surface area (Å²) in [7, 11) is 0. The van der Waals surface area contributed by atoms with E-state index < -0.39 is 24.2 Å². The average molecular weight is 261 g/mol. The van der Waals surface area contributed by atoms with Crippen molar-refractivity contribution in [1.29, 1.82) is 0 Å². The molecular weight excluding hydrogens is 254 g/mol. The Morgan fingerprint density at radius 2 is 2.00 bits per heavy atom. The first-order valence-corrected chi connectivity index (χ1v) is 4.84. The molecule has 0 spiro atoms. The van der Waals surface area contributed by atoms with Gasteiger partial charge in [0.15, 0.2) is 12.2 Å². The molecule has 0 atom stereocenters. The number of nitrogens with zero attached hydrogens (tertiary/aromatic N) is 1. The minimum absolute atomic E-state index is 0.0202. The van der Waals surface area contributed by atoms with Crippen LogP contribution in [0.4, 0.5) is 17.6 Å². The van der Waals surface area contributed by atoms with Crippen molar-refractivity contribution in [3.05, 3.63) is 41.7 Å². The van der Waals surface area contributed by atoms with Crippen molar-refractivity contribution >= 4 is 0 Å². The molecule has 0 aliphatic heterocycles. The molecule has 2 aromatic rings. The van der Waals surface area contributed by atoms with Gasteiger partial charge in [0, 0.05) is 0 Å². The molecule has 0 amide bonds. The molecule has 0 saturated heterocycles. The van der Waals surface area contributed by atoms with Crippen LogP contribution in [0.5, 0.6) is 0 Å². The molecular formula is C11H7F4NO2. The Balaban J connectivity index is 2.57. The Morgan fingerprint density at radius 1 is 1.28 bits per heavy atom. The minimum Gasteiger partial charge on any atom is -0.443 e. The van der Waals surface area contributed by atoms with E-state index in [0.29, 0.717) is 18.2 Å². The molecule has 1 aromatic heterocycles. The lowest BCUT2D eigenvalue weighted by molar-refractivity contribution is -0.137. The van der Waals surface area contributed by atoms with Crippen molar-refractivity contribution in [2.24, 2.45) is 0 Å². The molecule has 0 aliphatic rings. The minimum atomic E-state index is -4.58. The Hall–Kier alpha value is -1.89. The largest absolute Gasteiger partial charge is 0.443 e. The lowest BCUT2D eigenvalue weighted by Gasteiger charge is -2.08. The summed E-state index contributed by atoms with van der Waals surface area (Å²) in [6.45, 7) is -0.554. The van der Waals surface area contributed by atoms with Gasteiger partial charge in [-0.25, -0.2) is 9.37 Å². The summed E-state index contributed by atoms with van der Waals surface area (Å²) in [6, 6.07) is 1.95. The molecule has 2 rings (SSSR count). The van der Waals surface area contributed by atoms with E-state index in [1.165, 1.54) is 0 Å². The van der Waals surface area contributed by atoms with Crippen LogP contribution in [0.2, 0.25) is 0 Å². The zero-order valence-corrected chi connectivity index (χ0v) is 8.83. The average Bonchev–Trinajstić information content (AvgIpc) is 2.76. The normalized spacial score (nSPS) is 11.8. The smallest absolute Gasteiger partial charge is 0.416 e. The number of hydrogen-bond acceptors (Lipinski definition) is 3. The Morgan fingerprint density at radius 3 is 2.61 bits per heavy atom. The standard InChI is InChI=1S/C11H7F4NO2/c12-8-2-1-6(11(13,14)15)3-7(8)10-9(4-17)16-5-18-10/h1-3,5,17H,4H2. The fourth-order valence-electron chi connectivity index (χ4n) is 1.48. The third kappa shape index (κ3) is 2.21. The van der Waals surface area contributed by atoms with E-state index in [4.69, 9.17) is 9.52 Å². The molecule has 96 valence electrons. The van der Waals surface area contributed by atoms with Crippen molar-refractivity contribution in [1.82, 2.24) is 4.98 Å². The maximum atomic E-state index is 13.5. The highest BCUT2D eigenvalue weighted by atomic mass is 19.4. The highest BCUT2D eigenvalue weighted by Crippen LogP contribution is 2.34. The van der Waals surface area contributed by atoms with Crippen LogP contribution in [-0.4, -0.2) is 10.1 Å². The van der Waals surface area contributed by atoms with Crippen LogP contribution >= 0.6 is 0 Å². The second-order valence-electron chi connectivity index (χ2n) is 3.48. The predicted molar refractivity (Wildman–Crippen MR) is 52.8 cm³/mol. The summed E-state index contributed by atoms with van der Waals surface area (Å²) in [4.78, 5) is 3.58. The van der Waals surface area contributed by atoms with E-state index in [0.717, 1.165) is 6.39 Å². The number of alkyl halides is 3. The molecule has 0 unspecified atom stereocenters. The van der Waals surface area contributed by atoms with E-state index in [1.807, 2.05) is 0 Å². The quantitative estimate of drug-likeness (QED) is 0.845. The van der Waals surface area contributed by atoms with Gasteiger partial charge in [0.05, 0.1) is 17.7 Å². The van der Waals surface area contributed by atoms with Gasteiger partial charge < -0.3 is 9.52 Å². The van der Waals surface area contributed by atoms with Gasteiger partial charge in [0.2, 0.25) is 0 Å². The van der Waals surface area contributed by atoms with Gasteiger partial charge in [0.25, 0.3) is 0 Å². The van der Waals surface area contributed by atoms with Gasteiger partial charge in [-0.2, -0.15) is 13.2 Å². The number of benzene rings is 1. The third-order valence-corrected chi connectivity index (χ3v) is 2.33. The molecule has 1 aromatic carbocycles. The monoisotopic (exact) mass is 261 g/mol. The van der Waals surface area contributed by atoms with Crippen molar-refractivity contribution < 1.29 is 27.1 Å². The van der Waals surface area contributed by atoms with Gasteiger partial charge in [-0.05, 0) is 18.2 Å². The topological polar surface area (TPSA) is 46.3 Å². The summed E-state index contributed by atoms with van der Waals surface area (Å²) in [5, 5.41) is 8.92. The van der Waals surface area contributed by atoms with Gasteiger partial charge in [-0.15, -0.1) is 0 Å². The van der Waals surface area contributed by atoms with Crippen LogP contribution in [0.15, 0.2) is 29.0 Å². The van der Waals surface area contributed by atoms with Crippen LogP contribution in [0.25, 0.3) is 11.3 Å². The lowest BCUT2D eigenvalue weighted by Crippen LogP contribution is -2.05. The molecule has 1 heterocycles. The number of rotatable bonds is 2. The number of oxazole rings is 1. The second kappa shape index (κ2) is 4.41. The maximum Gasteiger partial charge on any atom is 0.416 e. The number of hydrogen-bond donors (Lipinski definition) is 1. The molecule has 0 aliphatic carbocycles. The summed E-state index contributed by atoms with van der Waals surface area (Å²) in [5.41, 5.74) is -1.40. The van der Waals surface area contributed by atoms with E-state index in [-0.39, 0.29) is 17.0 Å². The number of aliphatic hydroxyl groups excluding tert-OH is 1. The van der Waals surface area contributed by atoms with E-state index in [1.54, 1.807) is 0 Å². The zero-order valence-electron chi connectivity index (χ0n) is 8.83. The van der Waals surface area contributed by atoms with Crippen LogP contribution in [0.3, 0.4) is 0 Å². The zero-order chi connectivity index (χ0) is 13.3. The van der Waals surface area contributed by atoms with Crippen LogP contribution in [-0.2, 0) is 12.8 Å². The van der Waals surface area contributed by atoms with E-state index >= 15 is 0 Å². The van der Waals surface area contributed by atoms with Crippen molar-refractivity contribution in [3.63, 3.8) is 0 Å². The van der Waals surface area contributed by atoms with Crippen molar-refractivity contribution in [2.45, 2.75) is 12.8 Å². The first-order chi connectivity index (χ1) is 8.43. The summed E-state index contributed by atoms with van der Waals surface area (Å²) >= 11 is 0. The molecule has 7 heteroatoms. The molecule has 18 heavy (non-hydrogen) atoms. The van der Waals surface area contributed by atoms with Crippen molar-refractivity contribution in [3.8, 4) is 11.3 Å². The van der Waals surface area contributed by atoms with E-state index in [2.05, 4.69) is 4.98 Å². The first kappa shape index (κ1) is 12.6. The molecule has 1 N–H and O–H groups in total. The fraction of sp³-hybridized carbons (Fsp3) is 0.182. The van der Waals surface area contributed by atoms with Crippen LogP contribution in [0, 0.1) is 5.82 Å². The molecule has 0 fully saturated rings. The lowest BCUT2D eigenvalue weighted by atomic mass is 10.1. The highest BCUT2D eigenvalue weighted by Gasteiger charge is 2.31. The third-order valence-electron chi connectivity index (χ3n) is 2.33. The van der Waals surface area contributed by atoms with E-state index in [9.17, 15) is 17.6 Å². The SMILES string of the molecule is OCc1ncoc1-c1cc(C(F)(F)F)ccc1F. The molecule has 0 bridgehead atoms. The van der Waals surface area contributed by atoms with Gasteiger partial charge in [0.1, 0.15) is 11.5 Å². The van der Waals surface area contributed by atoms with Gasteiger partial charge in [-0.3, -0.25) is 0 Å². The fourth-order valence-corrected chi connectivity index (χ4v) is 1.48. The predicted octanol–water partition coefficient (Wildman–Crippen LogP) is 2.99. The Bertz CT molecular complexity index is 562. The highest BCUT2D eigenvalue weighted by molar-refractivity contribution is 5.61. The summed E-state index contributed by atoms with van der Waals surface area (Å²) in [5.74, 6) is -1.09. The van der Waals surface area contributed by atoms with Crippen LogP contribution in [0.1, 0.15) is 11.3 Å². The summed E-state index contributed by atoms with van der Waals surface area (Å²) in [6.07, 6.45) is -3.65. The maximum absolute atomic E-state index is 13.5. The first-order valence-electron chi connectivity index (χ1n) is 4.84. The number of aromatic nitrogens is 1. The second-order valence-corrected chi connectivity index (χ2v) is 3.48. The van der Waals surface area contributed by atoms with Crippen LogP contribution < -0.4 is 0 Å². The summed E-state index contributed by atoms with van der Waals surface area (Å²) < 4.78 is 55.8. The van der Waals surface area contributed by atoms with Gasteiger partial charge in [-0.1, -0.05) is 0 Å². The molecule has 0 radical (unpaired) electrons.